The molecule has 0 aromatic carbocycles. The topological polar surface area (TPSA) is 53.1 Å². The van der Waals surface area contributed by atoms with E-state index in [4.69, 9.17) is 4.74 Å². The largest absolute Gasteiger partial charge is 0.378 e. The number of hydrogen-bond donors (Lipinski definition) is 0. The van der Waals surface area contributed by atoms with Gasteiger partial charge in [-0.15, -0.1) is 0 Å². The van der Waals surface area contributed by atoms with Gasteiger partial charge in [-0.25, -0.2) is 12.7 Å². The maximum Gasteiger partial charge on any atom is 0.221 e. The molecule has 0 N–H and O–H groups in total. The second-order valence-corrected chi connectivity index (χ2v) is 10.1. The van der Waals surface area contributed by atoms with E-state index in [9.17, 15) is 8.42 Å². The first-order valence-electron chi connectivity index (χ1n) is 9.42. The van der Waals surface area contributed by atoms with E-state index in [0.29, 0.717) is 25.7 Å². The fourth-order valence-electron chi connectivity index (χ4n) is 4.10. The third-order valence-electron chi connectivity index (χ3n) is 6.17. The molecule has 24 heavy (non-hydrogen) atoms. The van der Waals surface area contributed by atoms with E-state index in [0.717, 1.165) is 12.5 Å². The number of sulfonamides is 1. The molecule has 0 spiro atoms. The minimum absolute atomic E-state index is 0.311. The second kappa shape index (κ2) is 7.99. The second-order valence-electron chi connectivity index (χ2n) is 7.83. The van der Waals surface area contributed by atoms with Crippen molar-refractivity contribution >= 4 is 10.0 Å². The fraction of sp³-hybridized carbons (Fsp3) is 1.00. The lowest BCUT2D eigenvalue weighted by Crippen LogP contribution is -2.48. The number of piperidine rings is 2. The summed E-state index contributed by atoms with van der Waals surface area (Å²) in [6.07, 6.45) is 6.02. The summed E-state index contributed by atoms with van der Waals surface area (Å²) in [6, 6.07) is 0.767. The average Bonchev–Trinajstić information content (AvgIpc) is 2.52. The van der Waals surface area contributed by atoms with E-state index in [2.05, 4.69) is 16.8 Å². The van der Waals surface area contributed by atoms with Crippen LogP contribution >= 0.6 is 0 Å². The highest BCUT2D eigenvalue weighted by atomic mass is 32.2. The molecule has 3 aliphatic rings. The van der Waals surface area contributed by atoms with Gasteiger partial charge in [0.15, 0.2) is 0 Å². The van der Waals surface area contributed by atoms with Crippen LogP contribution in [-0.2, 0) is 14.8 Å². The molecule has 0 amide bonds. The first kappa shape index (κ1) is 18.6. The van der Waals surface area contributed by atoms with E-state index in [1.54, 1.807) is 11.4 Å². The highest BCUT2D eigenvalue weighted by molar-refractivity contribution is 7.89. The summed E-state index contributed by atoms with van der Waals surface area (Å²) in [5.41, 5.74) is 0. The molecule has 3 fully saturated rings. The van der Waals surface area contributed by atoms with Crippen molar-refractivity contribution in [1.29, 1.82) is 0 Å². The molecule has 7 heteroatoms. The molecule has 6 nitrogen and oxygen atoms in total. The zero-order valence-electron chi connectivity index (χ0n) is 15.2. The lowest BCUT2D eigenvalue weighted by Gasteiger charge is -2.41. The normalized spacial score (nSPS) is 26.8. The van der Waals surface area contributed by atoms with Crippen LogP contribution in [-0.4, -0.2) is 93.8 Å². The molecule has 0 aromatic rings. The van der Waals surface area contributed by atoms with Crippen LogP contribution in [0, 0.1) is 5.92 Å². The van der Waals surface area contributed by atoms with Crippen LogP contribution in [0.15, 0.2) is 0 Å². The molecule has 140 valence electrons. The van der Waals surface area contributed by atoms with Crippen molar-refractivity contribution in [3.8, 4) is 0 Å². The Morgan fingerprint density at radius 1 is 1.04 bits per heavy atom. The van der Waals surface area contributed by atoms with Gasteiger partial charge >= 0.3 is 0 Å². The lowest BCUT2D eigenvalue weighted by molar-refractivity contribution is 0.0393. The number of ether oxygens (including phenoxy) is 1. The summed E-state index contributed by atoms with van der Waals surface area (Å²) in [4.78, 5) is 5.10. The Morgan fingerprint density at radius 3 is 2.21 bits per heavy atom. The standard InChI is InChI=1S/C17H33N3O3S/c1-18-8-6-16(7-9-18)20-11-4-15(5-12-20)3-10-19(2)24(21,22)17-13-23-14-17/h15-17H,3-14H2,1-2H3. The molecule has 0 radical (unpaired) electrons. The Bertz CT molecular complexity index is 493. The third-order valence-corrected chi connectivity index (χ3v) is 8.34. The molecule has 3 saturated heterocycles. The molecule has 0 bridgehead atoms. The lowest BCUT2D eigenvalue weighted by atomic mass is 9.91. The Labute approximate surface area is 147 Å². The Hall–Kier alpha value is -0.210. The predicted octanol–water partition coefficient (Wildman–Crippen LogP) is 0.843. The smallest absolute Gasteiger partial charge is 0.221 e. The molecule has 3 rings (SSSR count). The maximum atomic E-state index is 12.3. The Kier molecular flexibility index (Phi) is 6.19. The Balaban J connectivity index is 1.38. The monoisotopic (exact) mass is 359 g/mol. The summed E-state index contributed by atoms with van der Waals surface area (Å²) < 4.78 is 31.2. The van der Waals surface area contributed by atoms with Crippen molar-refractivity contribution in [2.75, 3.05) is 60.0 Å². The van der Waals surface area contributed by atoms with Crippen molar-refractivity contribution in [2.24, 2.45) is 5.92 Å². The van der Waals surface area contributed by atoms with E-state index >= 15 is 0 Å². The van der Waals surface area contributed by atoms with Gasteiger partial charge < -0.3 is 14.5 Å². The molecule has 0 aliphatic carbocycles. The highest BCUT2D eigenvalue weighted by Gasteiger charge is 2.36. The first-order chi connectivity index (χ1) is 11.5. The van der Waals surface area contributed by atoms with Gasteiger partial charge in [-0.3, -0.25) is 0 Å². The third kappa shape index (κ3) is 4.30. The van der Waals surface area contributed by atoms with Gasteiger partial charge in [-0.1, -0.05) is 0 Å². The van der Waals surface area contributed by atoms with Crippen LogP contribution < -0.4 is 0 Å². The number of rotatable bonds is 6. The minimum atomic E-state index is -3.14. The quantitative estimate of drug-likeness (QED) is 0.704. The van der Waals surface area contributed by atoms with E-state index < -0.39 is 10.0 Å². The molecular formula is C17H33N3O3S. The van der Waals surface area contributed by atoms with Crippen LogP contribution in [0.2, 0.25) is 0 Å². The van der Waals surface area contributed by atoms with Crippen molar-refractivity contribution in [3.05, 3.63) is 0 Å². The summed E-state index contributed by atoms with van der Waals surface area (Å²) in [6.45, 7) is 6.19. The minimum Gasteiger partial charge on any atom is -0.378 e. The summed E-state index contributed by atoms with van der Waals surface area (Å²) >= 11 is 0. The number of nitrogens with zero attached hydrogens (tertiary/aromatic N) is 3. The van der Waals surface area contributed by atoms with Gasteiger partial charge in [-0.2, -0.15) is 0 Å². The van der Waals surface area contributed by atoms with Gasteiger partial charge in [0.25, 0.3) is 0 Å². The van der Waals surface area contributed by atoms with Crippen molar-refractivity contribution in [1.82, 2.24) is 14.1 Å². The van der Waals surface area contributed by atoms with Gasteiger partial charge in [-0.05, 0) is 71.2 Å². The van der Waals surface area contributed by atoms with Gasteiger partial charge in [0, 0.05) is 19.6 Å². The van der Waals surface area contributed by atoms with Crippen LogP contribution in [0.5, 0.6) is 0 Å². The van der Waals surface area contributed by atoms with Crippen LogP contribution in [0.1, 0.15) is 32.1 Å². The average molecular weight is 360 g/mol. The van der Waals surface area contributed by atoms with Crippen molar-refractivity contribution in [2.45, 2.75) is 43.4 Å². The molecule has 0 aromatic heterocycles. The summed E-state index contributed by atoms with van der Waals surface area (Å²) in [5, 5.41) is -0.311. The molecular weight excluding hydrogens is 326 g/mol. The summed E-state index contributed by atoms with van der Waals surface area (Å²) in [5.74, 6) is 0.669. The predicted molar refractivity (Wildman–Crippen MR) is 95.6 cm³/mol. The van der Waals surface area contributed by atoms with Gasteiger partial charge in [0.05, 0.1) is 13.2 Å². The van der Waals surface area contributed by atoms with Crippen LogP contribution in [0.3, 0.4) is 0 Å². The highest BCUT2D eigenvalue weighted by Crippen LogP contribution is 2.26. The first-order valence-corrected chi connectivity index (χ1v) is 10.9. The maximum absolute atomic E-state index is 12.3. The van der Waals surface area contributed by atoms with Crippen molar-refractivity contribution in [3.63, 3.8) is 0 Å². The Morgan fingerprint density at radius 2 is 1.67 bits per heavy atom. The molecule has 3 heterocycles. The zero-order valence-corrected chi connectivity index (χ0v) is 16.0. The van der Waals surface area contributed by atoms with E-state index in [1.165, 1.54) is 51.9 Å². The van der Waals surface area contributed by atoms with Crippen LogP contribution in [0.25, 0.3) is 0 Å². The van der Waals surface area contributed by atoms with Crippen LogP contribution in [0.4, 0.5) is 0 Å². The zero-order chi connectivity index (χ0) is 17.2. The number of likely N-dealkylation sites (tertiary alicyclic amines) is 2. The fourth-order valence-corrected chi connectivity index (χ4v) is 5.50. The van der Waals surface area contributed by atoms with Crippen molar-refractivity contribution < 1.29 is 13.2 Å². The van der Waals surface area contributed by atoms with Gasteiger partial charge in [0.1, 0.15) is 5.25 Å². The van der Waals surface area contributed by atoms with Gasteiger partial charge in [0.2, 0.25) is 10.0 Å². The molecule has 3 aliphatic heterocycles. The SMILES string of the molecule is CN1CCC(N2CCC(CCN(C)S(=O)(=O)C3COC3)CC2)CC1. The molecule has 0 atom stereocenters. The molecule has 0 unspecified atom stereocenters. The van der Waals surface area contributed by atoms with E-state index in [-0.39, 0.29) is 5.25 Å². The number of hydrogen-bond acceptors (Lipinski definition) is 5. The summed E-state index contributed by atoms with van der Waals surface area (Å²) in [7, 11) is 0.792. The van der Waals surface area contributed by atoms with E-state index in [1.807, 2.05) is 0 Å². The molecule has 0 saturated carbocycles.